The van der Waals surface area contributed by atoms with Crippen molar-refractivity contribution in [3.63, 3.8) is 0 Å². The van der Waals surface area contributed by atoms with Crippen LogP contribution in [0.2, 0.25) is 0 Å². The van der Waals surface area contributed by atoms with Gasteiger partial charge in [0.25, 0.3) is 0 Å². The first-order valence-electron chi connectivity index (χ1n) is 5.29. The predicted octanol–water partition coefficient (Wildman–Crippen LogP) is 2.34. The fourth-order valence-electron chi connectivity index (χ4n) is 1.34. The Labute approximate surface area is 106 Å². The molecule has 90 valence electrons. The Kier molecular flexibility index (Phi) is 9.24. The van der Waals surface area contributed by atoms with E-state index in [4.69, 9.17) is 10.5 Å². The smallest absolute Gasteiger partial charge is 0.225 e. The molecular weight excluding hydrogens is 240 g/mol. The van der Waals surface area contributed by atoms with Crippen LogP contribution in [-0.2, 0) is 13.0 Å². The summed E-state index contributed by atoms with van der Waals surface area (Å²) < 4.78 is 2.29. The molecule has 0 radical (unpaired) electrons. The lowest BCUT2D eigenvalue weighted by Gasteiger charge is -1.94. The molecule has 0 saturated carbocycles. The van der Waals surface area contributed by atoms with Gasteiger partial charge in [-0.25, -0.2) is 0 Å². The minimum atomic E-state index is 0.259. The van der Waals surface area contributed by atoms with Crippen molar-refractivity contribution in [2.75, 3.05) is 6.61 Å². The van der Waals surface area contributed by atoms with Gasteiger partial charge in [-0.3, -0.25) is 0 Å². The quantitative estimate of drug-likeness (QED) is 0.500. The molecule has 0 spiro atoms. The Morgan fingerprint density at radius 1 is 1.62 bits per heavy atom. The Balaban J connectivity index is 0.000000673. The molecule has 0 aliphatic heterocycles. The van der Waals surface area contributed by atoms with Crippen LogP contribution in [0.4, 0.5) is 0 Å². The molecule has 0 aliphatic carbocycles. The Hall–Kier alpha value is -0.610. The van der Waals surface area contributed by atoms with E-state index in [1.165, 1.54) is 28.6 Å². The highest BCUT2D eigenvalue weighted by Gasteiger charge is 2.13. The molecule has 1 aromatic heterocycles. The zero-order chi connectivity index (χ0) is 12.4. The van der Waals surface area contributed by atoms with Gasteiger partial charge in [0.1, 0.15) is 6.54 Å². The van der Waals surface area contributed by atoms with Gasteiger partial charge in [-0.15, -0.1) is 0 Å². The van der Waals surface area contributed by atoms with Crippen LogP contribution in [0, 0.1) is 6.92 Å². The summed E-state index contributed by atoms with van der Waals surface area (Å²) in [6.45, 7) is 5.72. The van der Waals surface area contributed by atoms with Crippen LogP contribution < -0.4 is 4.57 Å². The molecular formula is C11H18N2OS2. The van der Waals surface area contributed by atoms with Crippen LogP contribution in [0.5, 0.6) is 0 Å². The number of aromatic nitrogens is 1. The zero-order valence-electron chi connectivity index (χ0n) is 9.77. The van der Waals surface area contributed by atoms with Gasteiger partial charge in [-0.1, -0.05) is 36.9 Å². The van der Waals surface area contributed by atoms with Crippen molar-refractivity contribution in [3.05, 3.63) is 21.5 Å². The lowest BCUT2D eigenvalue weighted by Crippen LogP contribution is -2.34. The number of aliphatic hydroxyl groups is 1. The average molecular weight is 258 g/mol. The first kappa shape index (κ1) is 15.4. The van der Waals surface area contributed by atoms with Crippen LogP contribution in [0.1, 0.15) is 30.3 Å². The topological polar surface area (TPSA) is 46.4 Å². The van der Waals surface area contributed by atoms with E-state index in [2.05, 4.69) is 36.1 Å². The molecule has 1 heterocycles. The maximum Gasteiger partial charge on any atom is 0.225 e. The summed E-state index contributed by atoms with van der Waals surface area (Å²) in [6, 6.07) is 0. The molecule has 0 unspecified atom stereocenters. The molecule has 3 nitrogen and oxygen atoms in total. The number of aryl methyl sites for hydroxylation is 1. The predicted molar refractivity (Wildman–Crippen MR) is 70.9 cm³/mol. The van der Waals surface area contributed by atoms with Crippen LogP contribution >= 0.6 is 23.6 Å². The second-order valence-electron chi connectivity index (χ2n) is 3.34. The summed E-state index contributed by atoms with van der Waals surface area (Å²) in [7, 11) is 0. The number of thiocarbonyl (C=S) groups is 1. The maximum atomic E-state index is 8.83. The molecule has 1 N–H and O–H groups in total. The van der Waals surface area contributed by atoms with Crippen molar-refractivity contribution in [2.45, 2.75) is 39.7 Å². The Morgan fingerprint density at radius 3 is 2.75 bits per heavy atom. The summed E-state index contributed by atoms with van der Waals surface area (Å²) in [5.41, 5.74) is 3.49. The SMILES string of the molecule is CCCC[n+]1csc(CCO)c1C.[N-]=C=S. The molecule has 0 fully saturated rings. The third-order valence-corrected chi connectivity index (χ3v) is 3.39. The normalized spacial score (nSPS) is 9.19. The summed E-state index contributed by atoms with van der Waals surface area (Å²) in [4.78, 5) is 1.32. The molecule has 0 aliphatic rings. The van der Waals surface area contributed by atoms with Crippen LogP contribution in [0.3, 0.4) is 0 Å². The van der Waals surface area contributed by atoms with Crippen molar-refractivity contribution >= 4 is 28.7 Å². The lowest BCUT2D eigenvalue weighted by atomic mass is 10.3. The number of thiazole rings is 1. The molecule has 0 bridgehead atoms. The minimum Gasteiger partial charge on any atom is -0.753 e. The molecule has 5 heteroatoms. The van der Waals surface area contributed by atoms with Crippen molar-refractivity contribution in [3.8, 4) is 0 Å². The highest BCUT2D eigenvalue weighted by Crippen LogP contribution is 2.11. The van der Waals surface area contributed by atoms with Gasteiger partial charge >= 0.3 is 0 Å². The van der Waals surface area contributed by atoms with Gasteiger partial charge < -0.3 is 10.5 Å². The number of hydrogen-bond donors (Lipinski definition) is 1. The zero-order valence-corrected chi connectivity index (χ0v) is 11.4. The van der Waals surface area contributed by atoms with E-state index in [1.807, 2.05) is 0 Å². The number of rotatable bonds is 5. The fourth-order valence-corrected chi connectivity index (χ4v) is 2.36. The van der Waals surface area contributed by atoms with Crippen molar-refractivity contribution < 1.29 is 9.67 Å². The van der Waals surface area contributed by atoms with Crippen LogP contribution in [0.25, 0.3) is 5.41 Å². The molecule has 16 heavy (non-hydrogen) atoms. The second kappa shape index (κ2) is 9.60. The summed E-state index contributed by atoms with van der Waals surface area (Å²) in [5, 5.41) is 17.3. The third-order valence-electron chi connectivity index (χ3n) is 2.25. The van der Waals surface area contributed by atoms with Gasteiger partial charge in [0.2, 0.25) is 5.51 Å². The van der Waals surface area contributed by atoms with Crippen LogP contribution in [-0.4, -0.2) is 16.9 Å². The number of unbranched alkanes of at least 4 members (excludes halogenated alkanes) is 1. The highest BCUT2D eigenvalue weighted by molar-refractivity contribution is 7.78. The number of isothiocyanates is 1. The van der Waals surface area contributed by atoms with E-state index in [0.717, 1.165) is 13.0 Å². The van der Waals surface area contributed by atoms with E-state index >= 15 is 0 Å². The first-order chi connectivity index (χ1) is 7.71. The Bertz CT molecular complexity index is 331. The van der Waals surface area contributed by atoms with E-state index in [9.17, 15) is 0 Å². The molecule has 0 amide bonds. The van der Waals surface area contributed by atoms with E-state index in [-0.39, 0.29) is 6.61 Å². The van der Waals surface area contributed by atoms with Gasteiger partial charge in [0.15, 0.2) is 5.69 Å². The molecule has 0 saturated heterocycles. The molecule has 1 rings (SSSR count). The fraction of sp³-hybridized carbons (Fsp3) is 0.636. The molecule has 0 atom stereocenters. The Morgan fingerprint density at radius 2 is 2.25 bits per heavy atom. The minimum absolute atomic E-state index is 0.259. The largest absolute Gasteiger partial charge is 0.753 e. The summed E-state index contributed by atoms with van der Waals surface area (Å²) >= 11 is 5.45. The standard InChI is InChI=1S/C10H18NOS.CNS/c1-3-4-6-11-8-13-10(5-7-12)9(11)2;2-1-3/h8,12H,3-7H2,1-2H3;/q+1;-1. The summed E-state index contributed by atoms with van der Waals surface area (Å²) in [5.74, 6) is 0. The van der Waals surface area contributed by atoms with E-state index in [0.29, 0.717) is 0 Å². The van der Waals surface area contributed by atoms with Gasteiger partial charge in [0, 0.05) is 26.4 Å². The van der Waals surface area contributed by atoms with Crippen LogP contribution in [0.15, 0.2) is 5.51 Å². The van der Waals surface area contributed by atoms with Crippen molar-refractivity contribution in [1.29, 1.82) is 0 Å². The van der Waals surface area contributed by atoms with Gasteiger partial charge in [0.05, 0.1) is 4.88 Å². The molecule has 1 aromatic rings. The van der Waals surface area contributed by atoms with Gasteiger partial charge in [-0.05, 0) is 0 Å². The third kappa shape index (κ3) is 5.47. The van der Waals surface area contributed by atoms with Gasteiger partial charge in [-0.2, -0.15) is 9.73 Å². The molecule has 0 aromatic carbocycles. The van der Waals surface area contributed by atoms with Crippen molar-refractivity contribution in [2.24, 2.45) is 0 Å². The number of hydrogen-bond acceptors (Lipinski definition) is 3. The highest BCUT2D eigenvalue weighted by atomic mass is 32.1. The van der Waals surface area contributed by atoms with E-state index in [1.54, 1.807) is 11.3 Å². The monoisotopic (exact) mass is 258 g/mol. The first-order valence-corrected chi connectivity index (χ1v) is 6.58. The average Bonchev–Trinajstić information content (AvgIpc) is 2.60. The van der Waals surface area contributed by atoms with E-state index < -0.39 is 0 Å². The maximum absolute atomic E-state index is 8.83. The summed E-state index contributed by atoms with van der Waals surface area (Å²) in [6.07, 6.45) is 3.27. The van der Waals surface area contributed by atoms with Crippen molar-refractivity contribution in [1.82, 2.24) is 0 Å². The lowest BCUT2D eigenvalue weighted by molar-refractivity contribution is -0.698. The second-order valence-corrected chi connectivity index (χ2v) is 4.47. The number of nitrogens with zero attached hydrogens (tertiary/aromatic N) is 2. The number of aliphatic hydroxyl groups excluding tert-OH is 1.